The lowest BCUT2D eigenvalue weighted by molar-refractivity contribution is -0.384. The van der Waals surface area contributed by atoms with Gasteiger partial charge in [-0.3, -0.25) is 10.1 Å². The van der Waals surface area contributed by atoms with Gasteiger partial charge in [-0.05, 0) is 54.3 Å². The first-order valence-corrected chi connectivity index (χ1v) is 7.67. The summed E-state index contributed by atoms with van der Waals surface area (Å²) in [5, 5.41) is 29.7. The lowest BCUT2D eigenvalue weighted by Gasteiger charge is -2.10. The van der Waals surface area contributed by atoms with Crippen LogP contribution in [0.15, 0.2) is 29.8 Å². The standard InChI is InChI=1S/C19H13N5O2/c1-10-14(7-12-3-5-13(6-4-12)24(25)26)17-11(2)16(9-21)19(22)23-18(17)15(10)8-20/h3-7H,1-2H3,(H2,22,23)/b14-7+. The Balaban J connectivity index is 2.24. The predicted octanol–water partition coefficient (Wildman–Crippen LogP) is 3.60. The van der Waals surface area contributed by atoms with Gasteiger partial charge in [-0.25, -0.2) is 4.98 Å². The number of pyridine rings is 1. The molecule has 0 bridgehead atoms. The fraction of sp³-hybridized carbons (Fsp3) is 0.105. The van der Waals surface area contributed by atoms with Gasteiger partial charge >= 0.3 is 0 Å². The topological polar surface area (TPSA) is 130 Å². The zero-order valence-electron chi connectivity index (χ0n) is 14.1. The van der Waals surface area contributed by atoms with Crippen molar-refractivity contribution in [3.63, 3.8) is 0 Å². The molecule has 26 heavy (non-hydrogen) atoms. The molecule has 1 aliphatic carbocycles. The van der Waals surface area contributed by atoms with Gasteiger partial charge in [0.15, 0.2) is 0 Å². The highest BCUT2D eigenvalue weighted by Gasteiger charge is 2.29. The molecule has 126 valence electrons. The van der Waals surface area contributed by atoms with Gasteiger partial charge < -0.3 is 5.73 Å². The molecule has 7 heteroatoms. The first-order valence-electron chi connectivity index (χ1n) is 7.67. The number of nitro groups is 1. The number of benzene rings is 1. The fourth-order valence-corrected chi connectivity index (χ4v) is 3.05. The summed E-state index contributed by atoms with van der Waals surface area (Å²) in [6.45, 7) is 3.58. The van der Waals surface area contributed by atoms with E-state index in [1.165, 1.54) is 12.1 Å². The Labute approximate surface area is 149 Å². The molecule has 1 aromatic carbocycles. The van der Waals surface area contributed by atoms with E-state index in [4.69, 9.17) is 5.73 Å². The number of allylic oxidation sites excluding steroid dienone is 3. The van der Waals surface area contributed by atoms with E-state index in [0.29, 0.717) is 22.4 Å². The van der Waals surface area contributed by atoms with Crippen LogP contribution in [-0.2, 0) is 0 Å². The van der Waals surface area contributed by atoms with Crippen LogP contribution in [0, 0.1) is 39.7 Å². The van der Waals surface area contributed by atoms with Crippen molar-refractivity contribution in [1.82, 2.24) is 4.98 Å². The summed E-state index contributed by atoms with van der Waals surface area (Å²) in [7, 11) is 0. The van der Waals surface area contributed by atoms with E-state index in [2.05, 4.69) is 17.1 Å². The Morgan fingerprint density at radius 3 is 2.38 bits per heavy atom. The third-order valence-corrected chi connectivity index (χ3v) is 4.40. The molecule has 0 radical (unpaired) electrons. The van der Waals surface area contributed by atoms with Crippen LogP contribution >= 0.6 is 0 Å². The van der Waals surface area contributed by atoms with Gasteiger partial charge in [-0.1, -0.05) is 0 Å². The highest BCUT2D eigenvalue weighted by Crippen LogP contribution is 2.44. The number of rotatable bonds is 2. The summed E-state index contributed by atoms with van der Waals surface area (Å²) in [4.78, 5) is 14.6. The molecule has 0 amide bonds. The molecule has 7 nitrogen and oxygen atoms in total. The molecule has 0 fully saturated rings. The second-order valence-corrected chi connectivity index (χ2v) is 5.85. The smallest absolute Gasteiger partial charge is 0.269 e. The molecule has 0 aliphatic heterocycles. The van der Waals surface area contributed by atoms with Crippen LogP contribution in [-0.4, -0.2) is 9.91 Å². The number of nitrogens with two attached hydrogens (primary N) is 1. The number of non-ortho nitro benzene ring substituents is 1. The van der Waals surface area contributed by atoms with Crippen LogP contribution in [0.4, 0.5) is 11.5 Å². The molecular formula is C19H13N5O2. The normalized spacial score (nSPS) is 14.1. The maximum Gasteiger partial charge on any atom is 0.269 e. The van der Waals surface area contributed by atoms with Crippen LogP contribution in [0.3, 0.4) is 0 Å². The van der Waals surface area contributed by atoms with Gasteiger partial charge in [0.25, 0.3) is 5.69 Å². The van der Waals surface area contributed by atoms with E-state index in [1.54, 1.807) is 26.0 Å². The number of nitrogen functional groups attached to an aromatic ring is 1. The first kappa shape index (κ1) is 16.9. The van der Waals surface area contributed by atoms with Gasteiger partial charge in [-0.15, -0.1) is 0 Å². The highest BCUT2D eigenvalue weighted by molar-refractivity contribution is 6.08. The number of hydrogen-bond donors (Lipinski definition) is 1. The van der Waals surface area contributed by atoms with Gasteiger partial charge in [-0.2, -0.15) is 10.5 Å². The number of anilines is 1. The van der Waals surface area contributed by atoms with Crippen molar-refractivity contribution in [3.8, 4) is 12.1 Å². The molecule has 0 saturated carbocycles. The van der Waals surface area contributed by atoms with Gasteiger partial charge in [0.1, 0.15) is 18.0 Å². The molecule has 1 aromatic heterocycles. The summed E-state index contributed by atoms with van der Waals surface area (Å²) in [5.41, 5.74) is 10.6. The van der Waals surface area contributed by atoms with Crippen LogP contribution in [0.5, 0.6) is 0 Å². The number of hydrogen-bond acceptors (Lipinski definition) is 6. The minimum Gasteiger partial charge on any atom is -0.383 e. The molecule has 0 spiro atoms. The van der Waals surface area contributed by atoms with E-state index < -0.39 is 4.92 Å². The molecule has 1 heterocycles. The quantitative estimate of drug-likeness (QED) is 0.655. The summed E-state index contributed by atoms with van der Waals surface area (Å²) in [6, 6.07) is 10.3. The molecule has 3 rings (SSSR count). The third kappa shape index (κ3) is 2.48. The number of nitriles is 2. The summed E-state index contributed by atoms with van der Waals surface area (Å²) < 4.78 is 0. The average molecular weight is 343 g/mol. The van der Waals surface area contributed by atoms with Gasteiger partial charge in [0.2, 0.25) is 0 Å². The van der Waals surface area contributed by atoms with Crippen LogP contribution < -0.4 is 5.73 Å². The predicted molar refractivity (Wildman–Crippen MR) is 97.3 cm³/mol. The van der Waals surface area contributed by atoms with Gasteiger partial charge in [0, 0.05) is 17.7 Å². The monoisotopic (exact) mass is 343 g/mol. The zero-order chi connectivity index (χ0) is 19.0. The maximum atomic E-state index is 10.8. The Hall–Kier alpha value is -3.97. The number of fused-ring (bicyclic) bond motifs is 1. The Morgan fingerprint density at radius 1 is 1.19 bits per heavy atom. The van der Waals surface area contributed by atoms with E-state index in [0.717, 1.165) is 16.7 Å². The van der Waals surface area contributed by atoms with Crippen LogP contribution in [0.1, 0.15) is 34.9 Å². The number of aromatic nitrogens is 1. The van der Waals surface area contributed by atoms with E-state index in [9.17, 15) is 20.6 Å². The van der Waals surface area contributed by atoms with Crippen molar-refractivity contribution in [1.29, 1.82) is 10.5 Å². The Morgan fingerprint density at radius 2 is 1.85 bits per heavy atom. The van der Waals surface area contributed by atoms with Crippen molar-refractivity contribution in [2.75, 3.05) is 5.73 Å². The molecule has 1 aliphatic rings. The van der Waals surface area contributed by atoms with Crippen molar-refractivity contribution < 1.29 is 4.92 Å². The lowest BCUT2D eigenvalue weighted by Crippen LogP contribution is -2.03. The maximum absolute atomic E-state index is 10.8. The van der Waals surface area contributed by atoms with Crippen molar-refractivity contribution in [2.24, 2.45) is 0 Å². The SMILES string of the molecule is CC1=C(C#N)c2nc(N)c(C#N)c(C)c2/C1=C/c1ccc([N+](=O)[O-])cc1. The van der Waals surface area contributed by atoms with Crippen molar-refractivity contribution >= 4 is 28.7 Å². The second kappa shape index (κ2) is 6.15. The van der Waals surface area contributed by atoms with E-state index in [1.807, 2.05) is 6.08 Å². The first-order chi connectivity index (χ1) is 12.4. The molecular weight excluding hydrogens is 330 g/mol. The second-order valence-electron chi connectivity index (χ2n) is 5.85. The largest absolute Gasteiger partial charge is 0.383 e. The summed E-state index contributed by atoms with van der Waals surface area (Å²) >= 11 is 0. The Bertz CT molecular complexity index is 1100. The molecule has 0 atom stereocenters. The van der Waals surface area contributed by atoms with Crippen molar-refractivity contribution in [3.05, 3.63) is 67.9 Å². The fourth-order valence-electron chi connectivity index (χ4n) is 3.05. The summed E-state index contributed by atoms with van der Waals surface area (Å²) in [6.07, 6.45) is 1.83. The summed E-state index contributed by atoms with van der Waals surface area (Å²) in [5.74, 6) is 0.0980. The van der Waals surface area contributed by atoms with Crippen molar-refractivity contribution in [2.45, 2.75) is 13.8 Å². The minimum atomic E-state index is -0.462. The molecule has 2 N–H and O–H groups in total. The average Bonchev–Trinajstić information content (AvgIpc) is 2.87. The third-order valence-electron chi connectivity index (χ3n) is 4.40. The zero-order valence-corrected chi connectivity index (χ0v) is 14.1. The van der Waals surface area contributed by atoms with Crippen LogP contribution in [0.25, 0.3) is 17.2 Å². The minimum absolute atomic E-state index is 0.00124. The lowest BCUT2D eigenvalue weighted by atomic mass is 9.95. The van der Waals surface area contributed by atoms with E-state index >= 15 is 0 Å². The van der Waals surface area contributed by atoms with Crippen LogP contribution in [0.2, 0.25) is 0 Å². The Kier molecular flexibility index (Phi) is 3.99. The molecule has 2 aromatic rings. The number of nitro benzene ring substituents is 1. The number of nitrogens with zero attached hydrogens (tertiary/aromatic N) is 4. The molecule has 0 saturated heterocycles. The van der Waals surface area contributed by atoms with E-state index in [-0.39, 0.29) is 17.1 Å². The molecule has 0 unspecified atom stereocenters. The van der Waals surface area contributed by atoms with Gasteiger partial charge in [0.05, 0.1) is 21.8 Å². The highest BCUT2D eigenvalue weighted by atomic mass is 16.6.